The summed E-state index contributed by atoms with van der Waals surface area (Å²) < 4.78 is 0. The summed E-state index contributed by atoms with van der Waals surface area (Å²) in [5.74, 6) is -2.12. The Labute approximate surface area is 120 Å². The molecule has 0 saturated carbocycles. The van der Waals surface area contributed by atoms with Gasteiger partial charge in [0, 0.05) is 13.0 Å². The summed E-state index contributed by atoms with van der Waals surface area (Å²) in [4.78, 5) is 34.5. The Morgan fingerprint density at radius 2 is 2.15 bits per heavy atom. The summed E-state index contributed by atoms with van der Waals surface area (Å²) in [7, 11) is 0. The Balaban J connectivity index is 2.58. The van der Waals surface area contributed by atoms with Gasteiger partial charge < -0.3 is 21.3 Å². The van der Waals surface area contributed by atoms with Gasteiger partial charge in [-0.05, 0) is 6.42 Å². The lowest BCUT2D eigenvalue weighted by atomic mass is 10.0. The summed E-state index contributed by atoms with van der Waals surface area (Å²) in [5.41, 5.74) is 5.80. The molecule has 0 aromatic carbocycles. The number of hydrogen-bond donors (Lipinski definition) is 4. The summed E-state index contributed by atoms with van der Waals surface area (Å²) in [5, 5.41) is 20.1. The fourth-order valence-corrected chi connectivity index (χ4v) is 2.14. The zero-order chi connectivity index (χ0) is 15.3. The van der Waals surface area contributed by atoms with Gasteiger partial charge in [0.2, 0.25) is 0 Å². The van der Waals surface area contributed by atoms with Crippen molar-refractivity contribution in [2.75, 3.05) is 19.6 Å². The van der Waals surface area contributed by atoms with E-state index in [1.807, 2.05) is 0 Å². The molecule has 1 fully saturated rings. The van der Waals surface area contributed by atoms with Crippen molar-refractivity contribution >= 4 is 34.9 Å². The number of carboxylic acids is 2. The first-order valence-corrected chi connectivity index (χ1v) is 6.45. The third kappa shape index (κ3) is 4.83. The van der Waals surface area contributed by atoms with Crippen LogP contribution in [0, 0.1) is 0 Å². The molecule has 1 aliphatic heterocycles. The van der Waals surface area contributed by atoms with Crippen LogP contribution in [0.1, 0.15) is 12.8 Å². The van der Waals surface area contributed by atoms with Crippen LogP contribution in [-0.4, -0.2) is 69.5 Å². The van der Waals surface area contributed by atoms with Crippen molar-refractivity contribution < 1.29 is 24.6 Å². The van der Waals surface area contributed by atoms with Crippen molar-refractivity contribution in [2.45, 2.75) is 24.9 Å². The number of likely N-dealkylation sites (tertiary alicyclic amines) is 1. The molecule has 0 amide bonds. The maximum atomic E-state index is 11.4. The molecule has 20 heavy (non-hydrogen) atoms. The van der Waals surface area contributed by atoms with E-state index in [1.165, 1.54) is 4.90 Å². The smallest absolute Gasteiger partial charge is 0.322 e. The zero-order valence-corrected chi connectivity index (χ0v) is 11.6. The molecular formula is C11H17N3O5S. The molecule has 0 spiro atoms. The lowest BCUT2D eigenvalue weighted by Gasteiger charge is -2.33. The lowest BCUT2D eigenvalue weighted by Crippen LogP contribution is -2.55. The predicted molar refractivity (Wildman–Crippen MR) is 73.4 cm³/mol. The van der Waals surface area contributed by atoms with Crippen molar-refractivity contribution in [3.05, 3.63) is 0 Å². The average molecular weight is 303 g/mol. The number of carboxylic acid groups (broad SMARTS) is 2. The fourth-order valence-electron chi connectivity index (χ4n) is 2.00. The Morgan fingerprint density at radius 1 is 1.50 bits per heavy atom. The monoisotopic (exact) mass is 303 g/mol. The molecule has 8 nitrogen and oxygen atoms in total. The number of ketones is 1. The number of nitrogens with two attached hydrogens (primary N) is 1. The van der Waals surface area contributed by atoms with E-state index in [-0.39, 0.29) is 43.2 Å². The van der Waals surface area contributed by atoms with Crippen LogP contribution in [0.5, 0.6) is 0 Å². The van der Waals surface area contributed by atoms with E-state index in [1.54, 1.807) is 0 Å². The summed E-state index contributed by atoms with van der Waals surface area (Å²) >= 11 is 4.94. The van der Waals surface area contributed by atoms with Gasteiger partial charge in [0.25, 0.3) is 0 Å². The molecule has 0 aromatic heterocycles. The first-order valence-electron chi connectivity index (χ1n) is 6.05. The van der Waals surface area contributed by atoms with Crippen molar-refractivity contribution in [1.29, 1.82) is 0 Å². The third-order valence-electron chi connectivity index (χ3n) is 2.98. The number of aliphatic carboxylic acids is 2. The second kappa shape index (κ2) is 7.27. The first-order chi connectivity index (χ1) is 9.31. The van der Waals surface area contributed by atoms with Gasteiger partial charge in [-0.15, -0.1) is 0 Å². The van der Waals surface area contributed by atoms with E-state index in [2.05, 4.69) is 5.32 Å². The van der Waals surface area contributed by atoms with Crippen molar-refractivity contribution in [3.8, 4) is 0 Å². The van der Waals surface area contributed by atoms with Crippen LogP contribution < -0.4 is 11.1 Å². The van der Waals surface area contributed by atoms with E-state index in [9.17, 15) is 14.4 Å². The predicted octanol–water partition coefficient (Wildman–Crippen LogP) is -1.57. The van der Waals surface area contributed by atoms with Crippen molar-refractivity contribution in [3.63, 3.8) is 0 Å². The Bertz CT molecular complexity index is 428. The molecule has 1 heterocycles. The van der Waals surface area contributed by atoms with Crippen molar-refractivity contribution in [1.82, 2.24) is 10.2 Å². The van der Waals surface area contributed by atoms with Gasteiger partial charge in [0.1, 0.15) is 18.4 Å². The number of carbonyl (C=O) groups is 3. The average Bonchev–Trinajstić information content (AvgIpc) is 2.35. The van der Waals surface area contributed by atoms with E-state index in [0.29, 0.717) is 0 Å². The summed E-state index contributed by atoms with van der Waals surface area (Å²) in [6.07, 6.45) is 0.487. The number of hydrogen-bond acceptors (Lipinski definition) is 6. The normalized spacial score (nSPS) is 21.2. The van der Waals surface area contributed by atoms with Crippen LogP contribution in [0.15, 0.2) is 0 Å². The van der Waals surface area contributed by atoms with Gasteiger partial charge in [-0.25, -0.2) is 0 Å². The molecule has 0 aliphatic carbocycles. The van der Waals surface area contributed by atoms with Gasteiger partial charge in [-0.3, -0.25) is 19.3 Å². The number of rotatable bonds is 6. The minimum absolute atomic E-state index is 0.0201. The largest absolute Gasteiger partial charge is 0.480 e. The maximum Gasteiger partial charge on any atom is 0.322 e. The first kappa shape index (κ1) is 16.5. The van der Waals surface area contributed by atoms with E-state index in [4.69, 9.17) is 28.2 Å². The Hall–Kier alpha value is -1.58. The van der Waals surface area contributed by atoms with Gasteiger partial charge in [0.15, 0.2) is 0 Å². The van der Waals surface area contributed by atoms with E-state index >= 15 is 0 Å². The molecule has 0 aromatic rings. The molecule has 0 radical (unpaired) electrons. The minimum atomic E-state index is -1.07. The van der Waals surface area contributed by atoms with Crippen LogP contribution in [0.3, 0.4) is 0 Å². The molecular weight excluding hydrogens is 286 g/mol. The molecule has 2 atom stereocenters. The van der Waals surface area contributed by atoms with Crippen LogP contribution >= 0.6 is 12.2 Å². The molecule has 1 rings (SSSR count). The van der Waals surface area contributed by atoms with Crippen LogP contribution in [0.2, 0.25) is 0 Å². The van der Waals surface area contributed by atoms with Gasteiger partial charge in [-0.2, -0.15) is 0 Å². The maximum absolute atomic E-state index is 11.4. The highest BCUT2D eigenvalue weighted by atomic mass is 32.1. The number of Topliss-reactive ketones (excluding diaryl/α,β-unsaturated/α-hetero) is 1. The Morgan fingerprint density at radius 3 is 2.70 bits per heavy atom. The van der Waals surface area contributed by atoms with E-state index < -0.39 is 24.0 Å². The number of nitrogens with zero attached hydrogens (tertiary/aromatic N) is 1. The van der Waals surface area contributed by atoms with Crippen LogP contribution in [0.4, 0.5) is 0 Å². The number of carbonyl (C=O) groups excluding carboxylic acids is 1. The molecule has 0 bridgehead atoms. The fraction of sp³-hybridized carbons (Fsp3) is 0.636. The standard InChI is InChI=1S/C11H17N3O5S/c12-7(10(20)13-3-9(16)17)5-14-4-6(15)1-2-8(14)11(18)19/h7-8H,1-5,12H2,(H,13,20)(H,16,17)(H,18,19)/t7?,8-/m0/s1. The molecule has 1 aliphatic rings. The summed E-state index contributed by atoms with van der Waals surface area (Å²) in [6, 6.07) is -1.49. The molecule has 9 heteroatoms. The number of nitrogens with one attached hydrogen (secondary N) is 1. The minimum Gasteiger partial charge on any atom is -0.480 e. The Kier molecular flexibility index (Phi) is 5.99. The number of piperidine rings is 1. The quantitative estimate of drug-likeness (QED) is 0.429. The second-order valence-electron chi connectivity index (χ2n) is 4.58. The van der Waals surface area contributed by atoms with Crippen LogP contribution in [-0.2, 0) is 14.4 Å². The topological polar surface area (TPSA) is 133 Å². The lowest BCUT2D eigenvalue weighted by molar-refractivity contribution is -0.146. The van der Waals surface area contributed by atoms with Gasteiger partial charge in [-0.1, -0.05) is 12.2 Å². The second-order valence-corrected chi connectivity index (χ2v) is 5.02. The van der Waals surface area contributed by atoms with E-state index in [0.717, 1.165) is 0 Å². The highest BCUT2D eigenvalue weighted by Gasteiger charge is 2.33. The van der Waals surface area contributed by atoms with Gasteiger partial charge in [0.05, 0.1) is 17.6 Å². The van der Waals surface area contributed by atoms with Crippen LogP contribution in [0.25, 0.3) is 0 Å². The van der Waals surface area contributed by atoms with Crippen molar-refractivity contribution in [2.24, 2.45) is 5.73 Å². The summed E-state index contributed by atoms with van der Waals surface area (Å²) in [6.45, 7) is -0.242. The molecule has 1 saturated heterocycles. The number of thiocarbonyl (C=S) groups is 1. The SMILES string of the molecule is NC(CN1CC(=O)CC[C@H]1C(=O)O)C(=S)NCC(=O)O. The third-order valence-corrected chi connectivity index (χ3v) is 3.43. The molecule has 1 unspecified atom stereocenters. The van der Waals surface area contributed by atoms with Gasteiger partial charge >= 0.3 is 11.9 Å². The molecule has 5 N–H and O–H groups in total. The molecule has 112 valence electrons. The zero-order valence-electron chi connectivity index (χ0n) is 10.7. The highest BCUT2D eigenvalue weighted by Crippen LogP contribution is 2.15. The highest BCUT2D eigenvalue weighted by molar-refractivity contribution is 7.80.